The van der Waals surface area contributed by atoms with Crippen molar-refractivity contribution in [3.63, 3.8) is 0 Å². The van der Waals surface area contributed by atoms with Crippen molar-refractivity contribution < 1.29 is 4.79 Å². The second-order valence-corrected chi connectivity index (χ2v) is 4.89. The van der Waals surface area contributed by atoms with Gasteiger partial charge in [-0.05, 0) is 30.2 Å². The summed E-state index contributed by atoms with van der Waals surface area (Å²) in [5.74, 6) is 0.510. The number of aromatic nitrogens is 1. The van der Waals surface area contributed by atoms with Gasteiger partial charge in [0, 0.05) is 10.7 Å². The van der Waals surface area contributed by atoms with Gasteiger partial charge >= 0.3 is 0 Å². The number of halogens is 1. The molecular formula is C14H13BrN2O. The first-order valence-corrected chi connectivity index (χ1v) is 6.40. The van der Waals surface area contributed by atoms with Crippen LogP contribution in [0.2, 0.25) is 0 Å². The molecule has 1 aromatic heterocycles. The molecule has 0 radical (unpaired) electrons. The van der Waals surface area contributed by atoms with Crippen molar-refractivity contribution in [1.29, 1.82) is 0 Å². The molecule has 0 spiro atoms. The van der Waals surface area contributed by atoms with Crippen LogP contribution in [0.5, 0.6) is 0 Å². The number of amides is 1. The van der Waals surface area contributed by atoms with Gasteiger partial charge in [0.05, 0.1) is 6.42 Å². The molecule has 0 aliphatic heterocycles. The summed E-state index contributed by atoms with van der Waals surface area (Å²) >= 11 is 3.42. The first kappa shape index (κ1) is 12.8. The van der Waals surface area contributed by atoms with Crippen LogP contribution in [-0.4, -0.2) is 10.9 Å². The summed E-state index contributed by atoms with van der Waals surface area (Å²) in [6, 6.07) is 11.4. The Bertz CT molecular complexity index is 552. The van der Waals surface area contributed by atoms with Gasteiger partial charge in [0.1, 0.15) is 5.82 Å². The maximum atomic E-state index is 11.8. The first-order valence-electron chi connectivity index (χ1n) is 5.61. The third-order valence-corrected chi connectivity index (χ3v) is 3.26. The number of benzene rings is 1. The molecule has 2 rings (SSSR count). The number of aryl methyl sites for hydroxylation is 1. The predicted octanol–water partition coefficient (Wildman–Crippen LogP) is 3.33. The molecule has 0 saturated carbocycles. The highest BCUT2D eigenvalue weighted by Gasteiger charge is 2.07. The van der Waals surface area contributed by atoms with Gasteiger partial charge in [0.15, 0.2) is 0 Å². The number of nitrogens with one attached hydrogen (secondary N) is 1. The molecule has 1 N–H and O–H groups in total. The topological polar surface area (TPSA) is 42.0 Å². The van der Waals surface area contributed by atoms with Crippen LogP contribution < -0.4 is 5.32 Å². The third kappa shape index (κ3) is 3.40. The van der Waals surface area contributed by atoms with Crippen LogP contribution in [0.25, 0.3) is 0 Å². The SMILES string of the molecule is Cc1ccc(NC(=O)Cc2ccccc2Br)nc1. The third-order valence-electron chi connectivity index (χ3n) is 2.49. The maximum Gasteiger partial charge on any atom is 0.229 e. The highest BCUT2D eigenvalue weighted by Crippen LogP contribution is 2.16. The molecular weight excluding hydrogens is 292 g/mol. The van der Waals surface area contributed by atoms with E-state index >= 15 is 0 Å². The summed E-state index contributed by atoms with van der Waals surface area (Å²) in [5, 5.41) is 2.77. The van der Waals surface area contributed by atoms with Crippen molar-refractivity contribution >= 4 is 27.7 Å². The molecule has 0 unspecified atom stereocenters. The highest BCUT2D eigenvalue weighted by molar-refractivity contribution is 9.10. The molecule has 0 aliphatic rings. The molecule has 1 aromatic carbocycles. The van der Waals surface area contributed by atoms with Gasteiger partial charge in [-0.15, -0.1) is 0 Å². The first-order chi connectivity index (χ1) is 8.65. The van der Waals surface area contributed by atoms with E-state index in [0.29, 0.717) is 12.2 Å². The Morgan fingerprint density at radius 3 is 2.72 bits per heavy atom. The average Bonchev–Trinajstić information content (AvgIpc) is 2.35. The van der Waals surface area contributed by atoms with Gasteiger partial charge < -0.3 is 5.32 Å². The minimum atomic E-state index is -0.0711. The van der Waals surface area contributed by atoms with Crippen molar-refractivity contribution in [1.82, 2.24) is 4.98 Å². The van der Waals surface area contributed by atoms with Crippen LogP contribution in [0.3, 0.4) is 0 Å². The summed E-state index contributed by atoms with van der Waals surface area (Å²) in [6.45, 7) is 1.96. The Labute approximate surface area is 114 Å². The molecule has 92 valence electrons. The summed E-state index contributed by atoms with van der Waals surface area (Å²) in [6.07, 6.45) is 2.06. The number of pyridine rings is 1. The van der Waals surface area contributed by atoms with Crippen molar-refractivity contribution in [2.45, 2.75) is 13.3 Å². The summed E-state index contributed by atoms with van der Waals surface area (Å²) in [7, 11) is 0. The van der Waals surface area contributed by atoms with Crippen LogP contribution in [0, 0.1) is 6.92 Å². The van der Waals surface area contributed by atoms with Gasteiger partial charge in [-0.25, -0.2) is 4.98 Å². The standard InChI is InChI=1S/C14H13BrN2O/c1-10-6-7-13(16-9-10)17-14(18)8-11-4-2-3-5-12(11)15/h2-7,9H,8H2,1H3,(H,16,17,18). The lowest BCUT2D eigenvalue weighted by molar-refractivity contribution is -0.115. The highest BCUT2D eigenvalue weighted by atomic mass is 79.9. The molecule has 0 bridgehead atoms. The van der Waals surface area contributed by atoms with Crippen LogP contribution in [0.1, 0.15) is 11.1 Å². The fraction of sp³-hybridized carbons (Fsp3) is 0.143. The molecule has 18 heavy (non-hydrogen) atoms. The smallest absolute Gasteiger partial charge is 0.229 e. The summed E-state index contributed by atoms with van der Waals surface area (Å²) in [4.78, 5) is 16.0. The molecule has 1 heterocycles. The van der Waals surface area contributed by atoms with Crippen molar-refractivity contribution in [3.05, 3.63) is 58.2 Å². The number of hydrogen-bond donors (Lipinski definition) is 1. The van der Waals surface area contributed by atoms with E-state index in [1.165, 1.54) is 0 Å². The van der Waals surface area contributed by atoms with E-state index in [0.717, 1.165) is 15.6 Å². The van der Waals surface area contributed by atoms with Crippen LogP contribution in [0.15, 0.2) is 47.1 Å². The molecule has 2 aromatic rings. The van der Waals surface area contributed by atoms with Gasteiger partial charge in [-0.3, -0.25) is 4.79 Å². The van der Waals surface area contributed by atoms with Gasteiger partial charge in [0.2, 0.25) is 5.91 Å². The minimum absolute atomic E-state index is 0.0711. The molecule has 4 heteroatoms. The quantitative estimate of drug-likeness (QED) is 0.945. The average molecular weight is 305 g/mol. The normalized spacial score (nSPS) is 10.1. The Kier molecular flexibility index (Phi) is 4.10. The van der Waals surface area contributed by atoms with Crippen LogP contribution in [-0.2, 0) is 11.2 Å². The fourth-order valence-corrected chi connectivity index (χ4v) is 1.97. The van der Waals surface area contributed by atoms with E-state index < -0.39 is 0 Å². The predicted molar refractivity (Wildman–Crippen MR) is 75.4 cm³/mol. The monoisotopic (exact) mass is 304 g/mol. The van der Waals surface area contributed by atoms with Gasteiger partial charge in [-0.2, -0.15) is 0 Å². The zero-order valence-corrected chi connectivity index (χ0v) is 11.6. The number of carbonyl (C=O) groups excluding carboxylic acids is 1. The zero-order valence-electron chi connectivity index (χ0n) is 9.98. The van der Waals surface area contributed by atoms with Crippen molar-refractivity contribution in [3.8, 4) is 0 Å². The van der Waals surface area contributed by atoms with Crippen molar-refractivity contribution in [2.75, 3.05) is 5.32 Å². The van der Waals surface area contributed by atoms with Crippen LogP contribution >= 0.6 is 15.9 Å². The van der Waals surface area contributed by atoms with E-state index in [4.69, 9.17) is 0 Å². The number of hydrogen-bond acceptors (Lipinski definition) is 2. The number of anilines is 1. The largest absolute Gasteiger partial charge is 0.310 e. The molecule has 0 saturated heterocycles. The lowest BCUT2D eigenvalue weighted by Crippen LogP contribution is -2.15. The zero-order chi connectivity index (χ0) is 13.0. The lowest BCUT2D eigenvalue weighted by Gasteiger charge is -2.06. The molecule has 0 aliphatic carbocycles. The second kappa shape index (κ2) is 5.78. The van der Waals surface area contributed by atoms with Crippen molar-refractivity contribution in [2.24, 2.45) is 0 Å². The molecule has 0 atom stereocenters. The van der Waals surface area contributed by atoms with Crippen LogP contribution in [0.4, 0.5) is 5.82 Å². The van der Waals surface area contributed by atoms with E-state index in [1.807, 2.05) is 37.3 Å². The summed E-state index contributed by atoms with van der Waals surface area (Å²) in [5.41, 5.74) is 2.03. The van der Waals surface area contributed by atoms with E-state index in [1.54, 1.807) is 12.3 Å². The Balaban J connectivity index is 2.01. The van der Waals surface area contributed by atoms with E-state index in [-0.39, 0.29) is 5.91 Å². The van der Waals surface area contributed by atoms with E-state index in [2.05, 4.69) is 26.2 Å². The number of nitrogens with zero attached hydrogens (tertiary/aromatic N) is 1. The maximum absolute atomic E-state index is 11.8. The van der Waals surface area contributed by atoms with E-state index in [9.17, 15) is 4.79 Å². The Morgan fingerprint density at radius 2 is 2.06 bits per heavy atom. The lowest BCUT2D eigenvalue weighted by atomic mass is 10.1. The molecule has 3 nitrogen and oxygen atoms in total. The van der Waals surface area contributed by atoms with Gasteiger partial charge in [-0.1, -0.05) is 40.2 Å². The molecule has 1 amide bonds. The Hall–Kier alpha value is -1.68. The fourth-order valence-electron chi connectivity index (χ4n) is 1.54. The van der Waals surface area contributed by atoms with Gasteiger partial charge in [0.25, 0.3) is 0 Å². The summed E-state index contributed by atoms with van der Waals surface area (Å²) < 4.78 is 0.942. The Morgan fingerprint density at radius 1 is 1.28 bits per heavy atom. The number of carbonyl (C=O) groups is 1. The number of rotatable bonds is 3. The second-order valence-electron chi connectivity index (χ2n) is 4.04. The minimum Gasteiger partial charge on any atom is -0.310 e. The molecule has 0 fully saturated rings.